The van der Waals surface area contributed by atoms with Crippen LogP contribution in [0.15, 0.2) is 10.7 Å². The van der Waals surface area contributed by atoms with Crippen molar-refractivity contribution >= 4 is 5.91 Å². The molecule has 3 atom stereocenters. The number of nitrogens with one attached hydrogen (secondary N) is 1. The zero-order valence-corrected chi connectivity index (χ0v) is 14.5. The van der Waals surface area contributed by atoms with Gasteiger partial charge in [-0.15, -0.1) is 0 Å². The van der Waals surface area contributed by atoms with E-state index in [1.807, 2.05) is 6.92 Å². The lowest BCUT2D eigenvalue weighted by atomic mass is 9.85. The molecule has 1 aromatic rings. The fourth-order valence-electron chi connectivity index (χ4n) is 3.70. The first kappa shape index (κ1) is 17.4. The molecular formula is C17H27N3O4. The summed E-state index contributed by atoms with van der Waals surface area (Å²) in [6, 6.07) is -0.0209. The Morgan fingerprint density at radius 3 is 3.12 bits per heavy atom. The van der Waals surface area contributed by atoms with Gasteiger partial charge in [0.1, 0.15) is 11.3 Å². The Morgan fingerprint density at radius 2 is 2.38 bits per heavy atom. The molecule has 2 aliphatic rings. The van der Waals surface area contributed by atoms with Gasteiger partial charge < -0.3 is 19.3 Å². The molecule has 0 saturated carbocycles. The fraction of sp³-hybridized carbons (Fsp3) is 0.765. The summed E-state index contributed by atoms with van der Waals surface area (Å²) < 4.78 is 16.5. The van der Waals surface area contributed by atoms with Crippen molar-refractivity contribution in [1.29, 1.82) is 0 Å². The SMILES string of the molecule is CCOCCN1C[C@@H]2CCCO[C@@H]2[C@H](NC(=O)c2cnoc2C)C1. The Labute approximate surface area is 142 Å². The first-order chi connectivity index (χ1) is 11.7. The molecule has 1 aromatic heterocycles. The number of piperidine rings is 1. The van der Waals surface area contributed by atoms with E-state index < -0.39 is 0 Å². The first-order valence-corrected chi connectivity index (χ1v) is 8.83. The lowest BCUT2D eigenvalue weighted by molar-refractivity contribution is -0.0858. The lowest BCUT2D eigenvalue weighted by Crippen LogP contribution is -2.61. The van der Waals surface area contributed by atoms with Crippen molar-refractivity contribution < 1.29 is 18.8 Å². The highest BCUT2D eigenvalue weighted by molar-refractivity contribution is 5.95. The zero-order valence-electron chi connectivity index (χ0n) is 14.5. The van der Waals surface area contributed by atoms with E-state index in [2.05, 4.69) is 15.4 Å². The summed E-state index contributed by atoms with van der Waals surface area (Å²) in [5, 5.41) is 6.82. The van der Waals surface area contributed by atoms with Crippen LogP contribution in [0.25, 0.3) is 0 Å². The molecule has 3 heterocycles. The van der Waals surface area contributed by atoms with Gasteiger partial charge in [0, 0.05) is 32.8 Å². The Hall–Kier alpha value is -1.44. The van der Waals surface area contributed by atoms with Gasteiger partial charge in [-0.3, -0.25) is 9.69 Å². The molecule has 1 amide bonds. The standard InChI is InChI=1S/C17H27N3O4/c1-3-22-8-6-20-10-13-5-4-7-23-16(13)15(11-20)19-17(21)14-9-18-24-12(14)2/h9,13,15-16H,3-8,10-11H2,1-2H3,(H,19,21)/t13-,15+,16-/m0/s1. The number of aryl methyl sites for hydroxylation is 1. The highest BCUT2D eigenvalue weighted by Gasteiger charge is 2.40. The summed E-state index contributed by atoms with van der Waals surface area (Å²) >= 11 is 0. The van der Waals surface area contributed by atoms with Crippen molar-refractivity contribution in [1.82, 2.24) is 15.4 Å². The van der Waals surface area contributed by atoms with Crippen LogP contribution in [0.1, 0.15) is 35.9 Å². The van der Waals surface area contributed by atoms with Gasteiger partial charge in [-0.2, -0.15) is 0 Å². The minimum atomic E-state index is -0.140. The number of hydrogen-bond acceptors (Lipinski definition) is 6. The predicted molar refractivity (Wildman–Crippen MR) is 87.9 cm³/mol. The van der Waals surface area contributed by atoms with E-state index >= 15 is 0 Å². The van der Waals surface area contributed by atoms with Crippen LogP contribution in [0, 0.1) is 12.8 Å². The van der Waals surface area contributed by atoms with E-state index in [4.69, 9.17) is 14.0 Å². The average Bonchev–Trinajstić information content (AvgIpc) is 3.01. The summed E-state index contributed by atoms with van der Waals surface area (Å²) in [5.41, 5.74) is 0.494. The maximum absolute atomic E-state index is 12.5. The monoisotopic (exact) mass is 337 g/mol. The number of hydrogen-bond donors (Lipinski definition) is 1. The molecular weight excluding hydrogens is 310 g/mol. The maximum Gasteiger partial charge on any atom is 0.256 e. The van der Waals surface area contributed by atoms with Crippen LogP contribution in [0.2, 0.25) is 0 Å². The number of nitrogens with zero attached hydrogens (tertiary/aromatic N) is 2. The topological polar surface area (TPSA) is 76.8 Å². The van der Waals surface area contributed by atoms with Gasteiger partial charge in [-0.05, 0) is 32.6 Å². The number of carbonyl (C=O) groups excluding carboxylic acids is 1. The number of rotatable bonds is 6. The van der Waals surface area contributed by atoms with Gasteiger partial charge in [-0.1, -0.05) is 5.16 Å². The summed E-state index contributed by atoms with van der Waals surface area (Å²) in [4.78, 5) is 14.9. The predicted octanol–water partition coefficient (Wildman–Crippen LogP) is 1.23. The molecule has 0 unspecified atom stereocenters. The van der Waals surface area contributed by atoms with Crippen LogP contribution in [0.3, 0.4) is 0 Å². The highest BCUT2D eigenvalue weighted by Crippen LogP contribution is 2.29. The van der Waals surface area contributed by atoms with Gasteiger partial charge >= 0.3 is 0 Å². The van der Waals surface area contributed by atoms with Crippen LogP contribution >= 0.6 is 0 Å². The second-order valence-electron chi connectivity index (χ2n) is 6.57. The van der Waals surface area contributed by atoms with Crippen molar-refractivity contribution in [2.24, 2.45) is 5.92 Å². The molecule has 0 aromatic carbocycles. The van der Waals surface area contributed by atoms with Crippen LogP contribution < -0.4 is 5.32 Å². The Morgan fingerprint density at radius 1 is 1.50 bits per heavy atom. The number of carbonyl (C=O) groups is 1. The minimum absolute atomic E-state index is 0.0209. The second kappa shape index (κ2) is 8.09. The van der Waals surface area contributed by atoms with Crippen molar-refractivity contribution in [3.63, 3.8) is 0 Å². The molecule has 134 valence electrons. The third-order valence-electron chi connectivity index (χ3n) is 4.91. The molecule has 0 spiro atoms. The summed E-state index contributed by atoms with van der Waals surface area (Å²) in [5.74, 6) is 0.860. The van der Waals surface area contributed by atoms with Crippen molar-refractivity contribution in [2.45, 2.75) is 38.8 Å². The Bertz CT molecular complexity index is 548. The van der Waals surface area contributed by atoms with E-state index in [0.717, 1.165) is 52.3 Å². The van der Waals surface area contributed by atoms with E-state index in [9.17, 15) is 4.79 Å². The molecule has 0 radical (unpaired) electrons. The highest BCUT2D eigenvalue weighted by atomic mass is 16.5. The smallest absolute Gasteiger partial charge is 0.256 e. The average molecular weight is 337 g/mol. The molecule has 2 aliphatic heterocycles. The third kappa shape index (κ3) is 3.96. The van der Waals surface area contributed by atoms with Gasteiger partial charge in [0.25, 0.3) is 5.91 Å². The molecule has 2 fully saturated rings. The largest absolute Gasteiger partial charge is 0.380 e. The molecule has 2 saturated heterocycles. The second-order valence-corrected chi connectivity index (χ2v) is 6.57. The summed E-state index contributed by atoms with van der Waals surface area (Å²) in [7, 11) is 0. The lowest BCUT2D eigenvalue weighted by Gasteiger charge is -2.46. The summed E-state index contributed by atoms with van der Waals surface area (Å²) in [6.07, 6.45) is 3.80. The van der Waals surface area contributed by atoms with E-state index in [1.54, 1.807) is 6.92 Å². The van der Waals surface area contributed by atoms with E-state index in [-0.39, 0.29) is 18.1 Å². The third-order valence-corrected chi connectivity index (χ3v) is 4.91. The molecule has 24 heavy (non-hydrogen) atoms. The van der Waals surface area contributed by atoms with Crippen molar-refractivity contribution in [2.75, 3.05) is 39.5 Å². The normalized spacial score (nSPS) is 27.7. The number of aromatic nitrogens is 1. The number of fused-ring (bicyclic) bond motifs is 1. The quantitative estimate of drug-likeness (QED) is 0.787. The van der Waals surface area contributed by atoms with Crippen LogP contribution in [0.5, 0.6) is 0 Å². The minimum Gasteiger partial charge on any atom is -0.380 e. The number of ether oxygens (including phenoxy) is 2. The fourth-order valence-corrected chi connectivity index (χ4v) is 3.70. The maximum atomic E-state index is 12.5. The van der Waals surface area contributed by atoms with Gasteiger partial charge in [0.2, 0.25) is 0 Å². The van der Waals surface area contributed by atoms with Crippen LogP contribution in [-0.4, -0.2) is 67.6 Å². The molecule has 3 rings (SSSR count). The van der Waals surface area contributed by atoms with E-state index in [0.29, 0.717) is 17.2 Å². The zero-order chi connectivity index (χ0) is 16.9. The van der Waals surface area contributed by atoms with Crippen LogP contribution in [0.4, 0.5) is 0 Å². The van der Waals surface area contributed by atoms with E-state index in [1.165, 1.54) is 6.20 Å². The summed E-state index contributed by atoms with van der Waals surface area (Å²) in [6.45, 7) is 8.66. The van der Waals surface area contributed by atoms with Gasteiger partial charge in [0.05, 0.1) is 24.9 Å². The molecule has 1 N–H and O–H groups in total. The van der Waals surface area contributed by atoms with Crippen molar-refractivity contribution in [3.05, 3.63) is 17.5 Å². The van der Waals surface area contributed by atoms with Gasteiger partial charge in [0.15, 0.2) is 0 Å². The number of amides is 1. The Kier molecular flexibility index (Phi) is 5.86. The molecule has 7 heteroatoms. The Balaban J connectivity index is 1.65. The van der Waals surface area contributed by atoms with Crippen molar-refractivity contribution in [3.8, 4) is 0 Å². The molecule has 0 bridgehead atoms. The molecule has 0 aliphatic carbocycles. The first-order valence-electron chi connectivity index (χ1n) is 8.83. The van der Waals surface area contributed by atoms with Crippen LogP contribution in [-0.2, 0) is 9.47 Å². The number of likely N-dealkylation sites (tertiary alicyclic amines) is 1. The van der Waals surface area contributed by atoms with Gasteiger partial charge in [-0.25, -0.2) is 0 Å². The molecule has 7 nitrogen and oxygen atoms in total.